The highest BCUT2D eigenvalue weighted by Crippen LogP contribution is 2.11. The van der Waals surface area contributed by atoms with Crippen LogP contribution in [0.3, 0.4) is 0 Å². The molecule has 64 valence electrons. The lowest BCUT2D eigenvalue weighted by Crippen LogP contribution is -2.15. The maximum absolute atomic E-state index is 12.4. The van der Waals surface area contributed by atoms with Gasteiger partial charge in [-0.1, -0.05) is 12.1 Å². The van der Waals surface area contributed by atoms with Crippen LogP contribution in [0.15, 0.2) is 24.3 Å². The largest absolute Gasteiger partial charge is 0.352 e. The Balaban J connectivity index is 2.74. The number of amides is 1. The van der Waals surface area contributed by atoms with Gasteiger partial charge in [-0.15, -0.1) is 0 Å². The third kappa shape index (κ3) is 2.05. The standard InChI is InChI=1S/C9H10FNO/c1-7(11-6-12)8-2-4-9(10)5-3-8/h2-7H,1H3,(H,11,12)/t7-/m1/s1. The smallest absolute Gasteiger partial charge is 0.207 e. The first-order chi connectivity index (χ1) is 5.74. The zero-order valence-electron chi connectivity index (χ0n) is 6.75. The average Bonchev–Trinajstić information content (AvgIpc) is 2.06. The number of carbonyl (C=O) groups is 1. The Morgan fingerprint density at radius 2 is 2.00 bits per heavy atom. The highest BCUT2D eigenvalue weighted by Gasteiger charge is 2.02. The number of benzene rings is 1. The van der Waals surface area contributed by atoms with Crippen LogP contribution < -0.4 is 5.32 Å². The summed E-state index contributed by atoms with van der Waals surface area (Å²) in [6, 6.07) is 5.98. The molecule has 0 spiro atoms. The van der Waals surface area contributed by atoms with E-state index in [4.69, 9.17) is 0 Å². The number of hydrogen-bond acceptors (Lipinski definition) is 1. The summed E-state index contributed by atoms with van der Waals surface area (Å²) in [7, 11) is 0. The Kier molecular flexibility index (Phi) is 2.80. The molecule has 0 bridgehead atoms. The molecule has 1 atom stereocenters. The van der Waals surface area contributed by atoms with Gasteiger partial charge >= 0.3 is 0 Å². The predicted octanol–water partition coefficient (Wildman–Crippen LogP) is 1.63. The van der Waals surface area contributed by atoms with Crippen LogP contribution in [0.1, 0.15) is 18.5 Å². The number of carbonyl (C=O) groups excluding carboxylic acids is 1. The molecule has 0 aliphatic rings. The van der Waals surface area contributed by atoms with Gasteiger partial charge in [0.25, 0.3) is 0 Å². The number of halogens is 1. The summed E-state index contributed by atoms with van der Waals surface area (Å²) in [6.45, 7) is 1.83. The van der Waals surface area contributed by atoms with Crippen LogP contribution in [0.2, 0.25) is 0 Å². The molecule has 0 radical (unpaired) electrons. The Morgan fingerprint density at radius 3 is 2.50 bits per heavy atom. The van der Waals surface area contributed by atoms with Crippen molar-refractivity contribution < 1.29 is 9.18 Å². The van der Waals surface area contributed by atoms with Gasteiger partial charge in [0.05, 0.1) is 6.04 Å². The SMILES string of the molecule is C[C@@H](NC=O)c1ccc(F)cc1. The lowest BCUT2D eigenvalue weighted by molar-refractivity contribution is -0.110. The molecule has 0 unspecified atom stereocenters. The van der Waals surface area contributed by atoms with E-state index in [9.17, 15) is 9.18 Å². The van der Waals surface area contributed by atoms with E-state index in [0.29, 0.717) is 6.41 Å². The van der Waals surface area contributed by atoms with Crippen molar-refractivity contribution in [1.29, 1.82) is 0 Å². The second kappa shape index (κ2) is 3.85. The molecule has 1 amide bonds. The van der Waals surface area contributed by atoms with Crippen LogP contribution in [0.4, 0.5) is 4.39 Å². The number of nitrogens with one attached hydrogen (secondary N) is 1. The van der Waals surface area contributed by atoms with Gasteiger partial charge in [0.1, 0.15) is 5.82 Å². The van der Waals surface area contributed by atoms with Crippen LogP contribution in [0.25, 0.3) is 0 Å². The fraction of sp³-hybridized carbons (Fsp3) is 0.222. The van der Waals surface area contributed by atoms with E-state index in [1.54, 1.807) is 12.1 Å². The molecule has 1 rings (SSSR count). The zero-order chi connectivity index (χ0) is 8.97. The minimum atomic E-state index is -0.267. The molecule has 2 nitrogen and oxygen atoms in total. The third-order valence-corrected chi connectivity index (χ3v) is 1.69. The molecule has 0 aliphatic heterocycles. The minimum Gasteiger partial charge on any atom is -0.352 e. The summed E-state index contributed by atoms with van der Waals surface area (Å²) in [5.41, 5.74) is 0.892. The molecule has 0 aromatic heterocycles. The lowest BCUT2D eigenvalue weighted by atomic mass is 10.1. The van der Waals surface area contributed by atoms with Gasteiger partial charge in [-0.2, -0.15) is 0 Å². The predicted molar refractivity (Wildman–Crippen MR) is 44.0 cm³/mol. The van der Waals surface area contributed by atoms with Crippen LogP contribution in [-0.4, -0.2) is 6.41 Å². The van der Waals surface area contributed by atoms with E-state index in [0.717, 1.165) is 5.56 Å². The highest BCUT2D eigenvalue weighted by molar-refractivity contribution is 5.47. The third-order valence-electron chi connectivity index (χ3n) is 1.69. The minimum absolute atomic E-state index is 0.0666. The lowest BCUT2D eigenvalue weighted by Gasteiger charge is -2.09. The molecule has 0 aliphatic carbocycles. The first-order valence-corrected chi connectivity index (χ1v) is 3.69. The molecule has 1 aromatic carbocycles. The molecular weight excluding hydrogens is 157 g/mol. The number of rotatable bonds is 3. The summed E-state index contributed by atoms with van der Waals surface area (Å²) in [5.74, 6) is -0.267. The zero-order valence-corrected chi connectivity index (χ0v) is 6.75. The van der Waals surface area contributed by atoms with Gasteiger partial charge in [-0.3, -0.25) is 4.79 Å². The molecule has 1 aromatic rings. The van der Waals surface area contributed by atoms with E-state index >= 15 is 0 Å². The van der Waals surface area contributed by atoms with Gasteiger partial charge in [0, 0.05) is 0 Å². The summed E-state index contributed by atoms with van der Waals surface area (Å²) in [6.07, 6.45) is 0.633. The van der Waals surface area contributed by atoms with E-state index in [-0.39, 0.29) is 11.9 Å². The Morgan fingerprint density at radius 1 is 1.42 bits per heavy atom. The van der Waals surface area contributed by atoms with Crippen molar-refractivity contribution in [1.82, 2.24) is 5.32 Å². The molecule has 3 heteroatoms. The molecule has 12 heavy (non-hydrogen) atoms. The normalized spacial score (nSPS) is 12.2. The maximum Gasteiger partial charge on any atom is 0.207 e. The molecular formula is C9H10FNO. The van der Waals surface area contributed by atoms with Crippen molar-refractivity contribution in [3.63, 3.8) is 0 Å². The first-order valence-electron chi connectivity index (χ1n) is 3.69. The van der Waals surface area contributed by atoms with Crippen LogP contribution in [-0.2, 0) is 4.79 Å². The summed E-state index contributed by atoms with van der Waals surface area (Å²) < 4.78 is 12.4. The second-order valence-corrected chi connectivity index (χ2v) is 2.56. The van der Waals surface area contributed by atoms with Crippen molar-refractivity contribution in [2.75, 3.05) is 0 Å². The Hall–Kier alpha value is -1.38. The van der Waals surface area contributed by atoms with Gasteiger partial charge in [-0.25, -0.2) is 4.39 Å². The van der Waals surface area contributed by atoms with Crippen molar-refractivity contribution >= 4 is 6.41 Å². The molecule has 0 fully saturated rings. The van der Waals surface area contributed by atoms with Crippen LogP contribution >= 0.6 is 0 Å². The van der Waals surface area contributed by atoms with Gasteiger partial charge in [-0.05, 0) is 24.6 Å². The van der Waals surface area contributed by atoms with E-state index < -0.39 is 0 Å². The topological polar surface area (TPSA) is 29.1 Å². The molecule has 0 saturated heterocycles. The molecule has 1 N–H and O–H groups in total. The van der Waals surface area contributed by atoms with Crippen LogP contribution in [0, 0.1) is 5.82 Å². The Labute approximate surface area is 70.4 Å². The summed E-state index contributed by atoms with van der Waals surface area (Å²) in [4.78, 5) is 10.1. The fourth-order valence-corrected chi connectivity index (χ4v) is 0.950. The van der Waals surface area contributed by atoms with Crippen molar-refractivity contribution in [3.8, 4) is 0 Å². The molecule has 0 saturated carbocycles. The van der Waals surface area contributed by atoms with Gasteiger partial charge in [0.15, 0.2) is 0 Å². The van der Waals surface area contributed by atoms with E-state index in [2.05, 4.69) is 5.32 Å². The van der Waals surface area contributed by atoms with Gasteiger partial charge < -0.3 is 5.32 Å². The summed E-state index contributed by atoms with van der Waals surface area (Å²) >= 11 is 0. The van der Waals surface area contributed by atoms with E-state index in [1.165, 1.54) is 12.1 Å². The van der Waals surface area contributed by atoms with Crippen molar-refractivity contribution in [3.05, 3.63) is 35.6 Å². The second-order valence-electron chi connectivity index (χ2n) is 2.56. The maximum atomic E-state index is 12.4. The van der Waals surface area contributed by atoms with Crippen LogP contribution in [0.5, 0.6) is 0 Å². The summed E-state index contributed by atoms with van der Waals surface area (Å²) in [5, 5.41) is 2.58. The van der Waals surface area contributed by atoms with Gasteiger partial charge in [0.2, 0.25) is 6.41 Å². The Bertz CT molecular complexity index is 258. The fourth-order valence-electron chi connectivity index (χ4n) is 0.950. The van der Waals surface area contributed by atoms with E-state index in [1.807, 2.05) is 6.92 Å². The average molecular weight is 167 g/mol. The monoisotopic (exact) mass is 167 g/mol. The van der Waals surface area contributed by atoms with Crippen molar-refractivity contribution in [2.24, 2.45) is 0 Å². The highest BCUT2D eigenvalue weighted by atomic mass is 19.1. The van der Waals surface area contributed by atoms with Crippen molar-refractivity contribution in [2.45, 2.75) is 13.0 Å². The number of hydrogen-bond donors (Lipinski definition) is 1. The molecule has 0 heterocycles. The first kappa shape index (κ1) is 8.71. The quantitative estimate of drug-likeness (QED) is 0.681.